The van der Waals surface area contributed by atoms with Crippen LogP contribution in [0.25, 0.3) is 0 Å². The van der Waals surface area contributed by atoms with E-state index in [4.69, 9.17) is 5.73 Å². The van der Waals surface area contributed by atoms with E-state index in [9.17, 15) is 0 Å². The first-order valence-electron chi connectivity index (χ1n) is 5.96. The van der Waals surface area contributed by atoms with Gasteiger partial charge in [0.05, 0.1) is 0 Å². The molecule has 1 aliphatic carbocycles. The van der Waals surface area contributed by atoms with E-state index >= 15 is 0 Å². The minimum absolute atomic E-state index is 0.389. The summed E-state index contributed by atoms with van der Waals surface area (Å²) in [4.78, 5) is 0. The van der Waals surface area contributed by atoms with Crippen molar-refractivity contribution in [2.75, 3.05) is 5.73 Å². The Kier molecular flexibility index (Phi) is 2.81. The summed E-state index contributed by atoms with van der Waals surface area (Å²) in [6, 6.07) is 8.18. The van der Waals surface area contributed by atoms with Gasteiger partial charge in [0.25, 0.3) is 0 Å². The van der Waals surface area contributed by atoms with Crippen molar-refractivity contribution in [1.29, 1.82) is 0 Å². The Morgan fingerprint density at radius 2 is 2.24 bits per heavy atom. The van der Waals surface area contributed by atoms with Crippen LogP contribution in [0.4, 0.5) is 5.69 Å². The molecule has 88 valence electrons. The van der Waals surface area contributed by atoms with Crippen LogP contribution in [0.3, 0.4) is 0 Å². The summed E-state index contributed by atoms with van der Waals surface area (Å²) in [5.41, 5.74) is 9.80. The first-order valence-corrected chi connectivity index (χ1v) is 6.84. The zero-order valence-electron chi connectivity index (χ0n) is 9.54. The van der Waals surface area contributed by atoms with Crippen molar-refractivity contribution in [2.45, 2.75) is 25.2 Å². The Balaban J connectivity index is 1.98. The smallest absolute Gasteiger partial charge is 0.124 e. The highest BCUT2D eigenvalue weighted by atomic mass is 32.1. The van der Waals surface area contributed by atoms with Gasteiger partial charge < -0.3 is 5.73 Å². The molecule has 1 atom stereocenters. The molecular weight excluding hydrogens is 230 g/mol. The number of nitrogens with zero attached hydrogens (tertiary/aromatic N) is 2. The van der Waals surface area contributed by atoms with E-state index in [0.29, 0.717) is 11.8 Å². The van der Waals surface area contributed by atoms with Gasteiger partial charge in [0, 0.05) is 11.6 Å². The number of anilines is 1. The van der Waals surface area contributed by atoms with Crippen molar-refractivity contribution < 1.29 is 0 Å². The number of rotatable bonds is 3. The third-order valence-corrected chi connectivity index (χ3v) is 4.31. The summed E-state index contributed by atoms with van der Waals surface area (Å²) in [6.45, 7) is 0. The van der Waals surface area contributed by atoms with Crippen LogP contribution in [-0.4, -0.2) is 10.2 Å². The van der Waals surface area contributed by atoms with Crippen LogP contribution >= 0.6 is 11.3 Å². The van der Waals surface area contributed by atoms with Gasteiger partial charge in [-0.25, -0.2) is 0 Å². The zero-order valence-corrected chi connectivity index (χ0v) is 10.4. The Morgan fingerprint density at radius 3 is 2.82 bits per heavy atom. The lowest BCUT2D eigenvalue weighted by molar-refractivity contribution is 0.283. The standard InChI is InChI=1S/C13H15N3S/c14-11-6-2-5-10(7-11)12(9-3-1-4-9)13-16-15-8-17-13/h2,5-9,12H,1,3-4,14H2/t12-/m0/s1. The second-order valence-corrected chi connectivity index (χ2v) is 5.48. The summed E-state index contributed by atoms with van der Waals surface area (Å²) < 4.78 is 0. The molecule has 0 amide bonds. The van der Waals surface area contributed by atoms with Gasteiger partial charge in [-0.1, -0.05) is 18.6 Å². The fourth-order valence-electron chi connectivity index (χ4n) is 2.46. The van der Waals surface area contributed by atoms with E-state index in [1.54, 1.807) is 11.3 Å². The van der Waals surface area contributed by atoms with Gasteiger partial charge in [-0.15, -0.1) is 21.5 Å². The molecule has 0 spiro atoms. The third-order valence-electron chi connectivity index (χ3n) is 3.53. The van der Waals surface area contributed by atoms with Gasteiger partial charge in [-0.2, -0.15) is 0 Å². The van der Waals surface area contributed by atoms with E-state index in [2.05, 4.69) is 22.3 Å². The van der Waals surface area contributed by atoms with Crippen molar-refractivity contribution in [1.82, 2.24) is 10.2 Å². The second kappa shape index (κ2) is 4.45. The molecule has 1 heterocycles. The Hall–Kier alpha value is -1.42. The maximum atomic E-state index is 5.88. The quantitative estimate of drug-likeness (QED) is 0.845. The molecule has 0 saturated heterocycles. The fourth-order valence-corrected chi connectivity index (χ4v) is 3.23. The highest BCUT2D eigenvalue weighted by molar-refractivity contribution is 7.09. The molecule has 0 unspecified atom stereocenters. The SMILES string of the molecule is Nc1cccc([C@@H](c2nncs2)C2CCC2)c1. The predicted octanol–water partition coefficient (Wildman–Crippen LogP) is 3.05. The van der Waals surface area contributed by atoms with E-state index in [1.807, 2.05) is 17.6 Å². The molecule has 1 aromatic carbocycles. The summed E-state index contributed by atoms with van der Waals surface area (Å²) >= 11 is 1.65. The van der Waals surface area contributed by atoms with Crippen molar-refractivity contribution in [3.63, 3.8) is 0 Å². The van der Waals surface area contributed by atoms with Crippen molar-refractivity contribution >= 4 is 17.0 Å². The van der Waals surface area contributed by atoms with Gasteiger partial charge in [0.1, 0.15) is 10.5 Å². The molecule has 1 aromatic heterocycles. The van der Waals surface area contributed by atoms with Crippen molar-refractivity contribution in [2.24, 2.45) is 5.92 Å². The minimum atomic E-state index is 0.389. The summed E-state index contributed by atoms with van der Waals surface area (Å²) in [7, 11) is 0. The van der Waals surface area contributed by atoms with Gasteiger partial charge in [-0.3, -0.25) is 0 Å². The first-order chi connectivity index (χ1) is 8.34. The maximum absolute atomic E-state index is 5.88. The summed E-state index contributed by atoms with van der Waals surface area (Å²) in [6.07, 6.45) is 3.92. The molecule has 1 aliphatic rings. The normalized spacial score (nSPS) is 17.6. The number of hydrogen-bond donors (Lipinski definition) is 1. The Morgan fingerprint density at radius 1 is 1.35 bits per heavy atom. The number of hydrogen-bond acceptors (Lipinski definition) is 4. The molecule has 3 rings (SSSR count). The number of benzene rings is 1. The lowest BCUT2D eigenvalue weighted by Crippen LogP contribution is -2.21. The number of nitrogen functional groups attached to an aromatic ring is 1. The first kappa shape index (κ1) is 10.7. The summed E-state index contributed by atoms with van der Waals surface area (Å²) in [5.74, 6) is 1.10. The monoisotopic (exact) mass is 245 g/mol. The van der Waals surface area contributed by atoms with Crippen LogP contribution in [0.2, 0.25) is 0 Å². The van der Waals surface area contributed by atoms with Crippen LogP contribution in [0.5, 0.6) is 0 Å². The topological polar surface area (TPSA) is 51.8 Å². The molecule has 1 saturated carbocycles. The molecule has 3 nitrogen and oxygen atoms in total. The summed E-state index contributed by atoms with van der Waals surface area (Å²) in [5, 5.41) is 9.35. The molecule has 0 bridgehead atoms. The highest BCUT2D eigenvalue weighted by Gasteiger charge is 2.31. The Labute approximate surface area is 105 Å². The lowest BCUT2D eigenvalue weighted by atomic mass is 9.73. The van der Waals surface area contributed by atoms with E-state index < -0.39 is 0 Å². The highest BCUT2D eigenvalue weighted by Crippen LogP contribution is 2.43. The average molecular weight is 245 g/mol. The van der Waals surface area contributed by atoms with Crippen LogP contribution in [-0.2, 0) is 0 Å². The van der Waals surface area contributed by atoms with E-state index in [0.717, 1.165) is 10.7 Å². The molecule has 1 fully saturated rings. The maximum Gasteiger partial charge on any atom is 0.124 e. The van der Waals surface area contributed by atoms with Crippen LogP contribution in [0, 0.1) is 5.92 Å². The van der Waals surface area contributed by atoms with Gasteiger partial charge in [0.2, 0.25) is 0 Å². The molecule has 0 aliphatic heterocycles. The lowest BCUT2D eigenvalue weighted by Gasteiger charge is -2.32. The van der Waals surface area contributed by atoms with E-state index in [1.165, 1.54) is 24.8 Å². The molecule has 17 heavy (non-hydrogen) atoms. The molecule has 2 N–H and O–H groups in total. The molecular formula is C13H15N3S. The molecule has 4 heteroatoms. The largest absolute Gasteiger partial charge is 0.399 e. The van der Waals surface area contributed by atoms with Gasteiger partial charge >= 0.3 is 0 Å². The van der Waals surface area contributed by atoms with Gasteiger partial charge in [0.15, 0.2) is 0 Å². The van der Waals surface area contributed by atoms with Crippen molar-refractivity contribution in [3.8, 4) is 0 Å². The van der Waals surface area contributed by atoms with E-state index in [-0.39, 0.29) is 0 Å². The van der Waals surface area contributed by atoms with Crippen molar-refractivity contribution in [3.05, 3.63) is 40.3 Å². The Bertz CT molecular complexity index is 491. The zero-order chi connectivity index (χ0) is 11.7. The van der Waals surface area contributed by atoms with Gasteiger partial charge in [-0.05, 0) is 36.5 Å². The second-order valence-electron chi connectivity index (χ2n) is 4.62. The minimum Gasteiger partial charge on any atom is -0.399 e. The average Bonchev–Trinajstić information content (AvgIpc) is 2.76. The third kappa shape index (κ3) is 2.05. The molecule has 0 radical (unpaired) electrons. The fraction of sp³-hybridized carbons (Fsp3) is 0.385. The van der Waals surface area contributed by atoms with Crippen LogP contribution in [0.1, 0.15) is 35.8 Å². The van der Waals surface area contributed by atoms with Crippen LogP contribution in [0.15, 0.2) is 29.8 Å². The number of aromatic nitrogens is 2. The van der Waals surface area contributed by atoms with Crippen LogP contribution < -0.4 is 5.73 Å². The predicted molar refractivity (Wildman–Crippen MR) is 69.9 cm³/mol. The number of nitrogens with two attached hydrogens (primary N) is 1. The molecule has 2 aromatic rings.